The van der Waals surface area contributed by atoms with Crippen LogP contribution < -0.4 is 5.32 Å². The summed E-state index contributed by atoms with van der Waals surface area (Å²) < 4.78 is 9.76. The van der Waals surface area contributed by atoms with Crippen molar-refractivity contribution in [3.8, 4) is 0 Å². The first-order valence-corrected chi connectivity index (χ1v) is 7.25. The van der Waals surface area contributed by atoms with Gasteiger partial charge in [-0.25, -0.2) is 14.6 Å². The van der Waals surface area contributed by atoms with Crippen molar-refractivity contribution in [1.29, 1.82) is 0 Å². The van der Waals surface area contributed by atoms with Gasteiger partial charge in [0.15, 0.2) is 0 Å². The summed E-state index contributed by atoms with van der Waals surface area (Å²) in [5.74, 6) is -1.69. The molecule has 0 fully saturated rings. The normalized spacial score (nSPS) is 15.3. The quantitative estimate of drug-likeness (QED) is 0.674. The van der Waals surface area contributed by atoms with Gasteiger partial charge in [0.2, 0.25) is 0 Å². The number of halogens is 1. The number of pyridine rings is 1. The van der Waals surface area contributed by atoms with Crippen molar-refractivity contribution in [2.24, 2.45) is 0 Å². The van der Waals surface area contributed by atoms with Gasteiger partial charge in [0.25, 0.3) is 0 Å². The van der Waals surface area contributed by atoms with Crippen LogP contribution in [0.15, 0.2) is 40.9 Å². The number of carbonyl (C=O) groups excluding carboxylic acids is 2. The first kappa shape index (κ1) is 17.0. The standard InChI is InChI=1S/C16H17ClN2O4/c1-8-12(15(20)22-3)14(10-5-6-18-11(17)7-10)13(9(2)19-8)16(21)23-4/h5-7,14,19H,1-4H3. The second-order valence-corrected chi connectivity index (χ2v) is 5.42. The van der Waals surface area contributed by atoms with Crippen LogP contribution in [0, 0.1) is 0 Å². The smallest absolute Gasteiger partial charge is 0.336 e. The molecule has 0 unspecified atom stereocenters. The van der Waals surface area contributed by atoms with Gasteiger partial charge in [-0.2, -0.15) is 0 Å². The highest BCUT2D eigenvalue weighted by Gasteiger charge is 2.37. The van der Waals surface area contributed by atoms with E-state index in [1.54, 1.807) is 26.0 Å². The molecule has 23 heavy (non-hydrogen) atoms. The van der Waals surface area contributed by atoms with Crippen LogP contribution in [0.3, 0.4) is 0 Å². The highest BCUT2D eigenvalue weighted by Crippen LogP contribution is 2.39. The third-order valence-electron chi connectivity index (χ3n) is 3.65. The fourth-order valence-electron chi connectivity index (χ4n) is 2.69. The zero-order valence-corrected chi connectivity index (χ0v) is 14.0. The SMILES string of the molecule is COC(=O)C1=C(C)NC(C)=C(C(=O)OC)C1c1ccnc(Cl)c1. The van der Waals surface area contributed by atoms with Crippen molar-refractivity contribution in [3.63, 3.8) is 0 Å². The summed E-state index contributed by atoms with van der Waals surface area (Å²) in [6.07, 6.45) is 1.52. The number of methoxy groups -OCH3 is 2. The van der Waals surface area contributed by atoms with E-state index < -0.39 is 17.9 Å². The molecule has 0 amide bonds. The summed E-state index contributed by atoms with van der Waals surface area (Å²) in [6.45, 7) is 3.50. The molecule has 2 rings (SSSR count). The summed E-state index contributed by atoms with van der Waals surface area (Å²) in [4.78, 5) is 28.5. The Morgan fingerprint density at radius 2 is 1.65 bits per heavy atom. The van der Waals surface area contributed by atoms with Gasteiger partial charge in [-0.05, 0) is 31.5 Å². The van der Waals surface area contributed by atoms with Crippen molar-refractivity contribution in [2.75, 3.05) is 14.2 Å². The Hall–Kier alpha value is -2.34. The van der Waals surface area contributed by atoms with E-state index in [0.717, 1.165) is 0 Å². The second-order valence-electron chi connectivity index (χ2n) is 5.03. The molecule has 0 aromatic carbocycles. The number of rotatable bonds is 3. The van der Waals surface area contributed by atoms with Crippen LogP contribution in [-0.4, -0.2) is 31.1 Å². The molecular formula is C16H17ClN2O4. The Balaban J connectivity index is 2.69. The topological polar surface area (TPSA) is 77.5 Å². The van der Waals surface area contributed by atoms with Gasteiger partial charge in [-0.15, -0.1) is 0 Å². The molecule has 1 aromatic heterocycles. The molecule has 7 heteroatoms. The lowest BCUT2D eigenvalue weighted by Crippen LogP contribution is -2.32. The number of nitrogens with one attached hydrogen (secondary N) is 1. The van der Waals surface area contributed by atoms with Gasteiger partial charge in [-0.1, -0.05) is 11.6 Å². The maximum absolute atomic E-state index is 12.3. The lowest BCUT2D eigenvalue weighted by atomic mass is 9.81. The van der Waals surface area contributed by atoms with E-state index in [2.05, 4.69) is 10.3 Å². The zero-order valence-electron chi connectivity index (χ0n) is 13.3. The van der Waals surface area contributed by atoms with Gasteiger partial charge < -0.3 is 14.8 Å². The number of carbonyl (C=O) groups is 2. The largest absolute Gasteiger partial charge is 0.466 e. The van der Waals surface area contributed by atoms with Crippen LogP contribution in [0.1, 0.15) is 25.3 Å². The molecule has 0 saturated carbocycles. The second kappa shape index (κ2) is 6.83. The van der Waals surface area contributed by atoms with E-state index in [9.17, 15) is 9.59 Å². The molecule has 1 aromatic rings. The first-order valence-electron chi connectivity index (χ1n) is 6.87. The maximum atomic E-state index is 12.3. The van der Waals surface area contributed by atoms with Crippen molar-refractivity contribution in [2.45, 2.75) is 19.8 Å². The maximum Gasteiger partial charge on any atom is 0.336 e. The number of aromatic nitrogens is 1. The number of allylic oxidation sites excluding steroid dienone is 2. The van der Waals surface area contributed by atoms with E-state index in [4.69, 9.17) is 21.1 Å². The highest BCUT2D eigenvalue weighted by atomic mass is 35.5. The Labute approximate surface area is 139 Å². The average molecular weight is 337 g/mol. The molecule has 2 heterocycles. The summed E-state index contributed by atoms with van der Waals surface area (Å²) in [5.41, 5.74) is 2.55. The van der Waals surface area contributed by atoms with Gasteiger partial charge in [0, 0.05) is 17.6 Å². The molecule has 1 aliphatic rings. The number of ether oxygens (including phenoxy) is 2. The molecule has 0 bridgehead atoms. The minimum atomic E-state index is -0.642. The van der Waals surface area contributed by atoms with E-state index in [0.29, 0.717) is 28.1 Å². The van der Waals surface area contributed by atoms with Crippen LogP contribution in [0.25, 0.3) is 0 Å². The third kappa shape index (κ3) is 3.22. The van der Waals surface area contributed by atoms with Gasteiger partial charge in [0.1, 0.15) is 5.15 Å². The summed E-state index contributed by atoms with van der Waals surface area (Å²) in [6, 6.07) is 3.32. The van der Waals surface area contributed by atoms with Crippen molar-refractivity contribution >= 4 is 23.5 Å². The Bertz CT molecular complexity index is 687. The fourth-order valence-corrected chi connectivity index (χ4v) is 2.87. The van der Waals surface area contributed by atoms with Crippen molar-refractivity contribution in [3.05, 3.63) is 51.6 Å². The van der Waals surface area contributed by atoms with E-state index in [-0.39, 0.29) is 5.15 Å². The highest BCUT2D eigenvalue weighted by molar-refractivity contribution is 6.29. The Morgan fingerprint density at radius 1 is 1.13 bits per heavy atom. The molecule has 0 atom stereocenters. The Kier molecular flexibility index (Phi) is 5.05. The van der Waals surface area contributed by atoms with Crippen molar-refractivity contribution in [1.82, 2.24) is 10.3 Å². The first-order chi connectivity index (χ1) is 10.9. The number of nitrogens with zero attached hydrogens (tertiary/aromatic N) is 1. The minimum Gasteiger partial charge on any atom is -0.466 e. The van der Waals surface area contributed by atoms with Gasteiger partial charge in [0.05, 0.1) is 31.3 Å². The summed E-state index contributed by atoms with van der Waals surface area (Å²) in [7, 11) is 2.59. The lowest BCUT2D eigenvalue weighted by Gasteiger charge is -2.30. The average Bonchev–Trinajstić information content (AvgIpc) is 2.52. The Morgan fingerprint density at radius 3 is 2.09 bits per heavy atom. The number of hydrogen-bond donors (Lipinski definition) is 1. The fraction of sp³-hybridized carbons (Fsp3) is 0.312. The van der Waals surface area contributed by atoms with E-state index >= 15 is 0 Å². The molecule has 0 spiro atoms. The van der Waals surface area contributed by atoms with Crippen LogP contribution in [0.5, 0.6) is 0 Å². The van der Waals surface area contributed by atoms with Crippen LogP contribution in [-0.2, 0) is 19.1 Å². The zero-order chi connectivity index (χ0) is 17.1. The van der Waals surface area contributed by atoms with Crippen LogP contribution in [0.4, 0.5) is 0 Å². The van der Waals surface area contributed by atoms with Crippen LogP contribution in [0.2, 0.25) is 5.15 Å². The monoisotopic (exact) mass is 336 g/mol. The van der Waals surface area contributed by atoms with Gasteiger partial charge in [-0.3, -0.25) is 0 Å². The minimum absolute atomic E-state index is 0.268. The molecule has 122 valence electrons. The molecule has 0 aliphatic carbocycles. The van der Waals surface area contributed by atoms with E-state index in [1.165, 1.54) is 20.4 Å². The van der Waals surface area contributed by atoms with Crippen molar-refractivity contribution < 1.29 is 19.1 Å². The predicted octanol–water partition coefficient (Wildman–Crippen LogP) is 2.32. The van der Waals surface area contributed by atoms with E-state index in [1.807, 2.05) is 0 Å². The molecule has 1 N–H and O–H groups in total. The number of dihydropyridines is 1. The predicted molar refractivity (Wildman–Crippen MR) is 84.6 cm³/mol. The van der Waals surface area contributed by atoms with Crippen LogP contribution >= 0.6 is 11.6 Å². The molecule has 0 radical (unpaired) electrons. The summed E-state index contributed by atoms with van der Waals surface area (Å²) in [5, 5.41) is 3.30. The molecule has 1 aliphatic heterocycles. The third-order valence-corrected chi connectivity index (χ3v) is 3.86. The molecular weight excluding hydrogens is 320 g/mol. The van der Waals surface area contributed by atoms with Gasteiger partial charge >= 0.3 is 11.9 Å². The lowest BCUT2D eigenvalue weighted by molar-refractivity contribution is -0.137. The molecule has 0 saturated heterocycles. The number of esters is 2. The summed E-state index contributed by atoms with van der Waals surface area (Å²) >= 11 is 5.97. The molecule has 6 nitrogen and oxygen atoms in total. The number of hydrogen-bond acceptors (Lipinski definition) is 6.